The molecule has 0 bridgehead atoms. The van der Waals surface area contributed by atoms with Gasteiger partial charge in [0.1, 0.15) is 5.75 Å². The van der Waals surface area contributed by atoms with Crippen LogP contribution in [0, 0.1) is 6.08 Å². The van der Waals surface area contributed by atoms with E-state index in [4.69, 9.17) is 4.74 Å². The molecule has 0 saturated carbocycles. The number of para-hydroxylation sites is 1. The Morgan fingerprint density at radius 2 is 2.17 bits per heavy atom. The van der Waals surface area contributed by atoms with Crippen LogP contribution in [0.1, 0.15) is 12.5 Å². The predicted octanol–water partition coefficient (Wildman–Crippen LogP) is 2.58. The number of hydrogen-bond donors (Lipinski definition) is 0. The van der Waals surface area contributed by atoms with Gasteiger partial charge in [-0.15, -0.1) is 0 Å². The van der Waals surface area contributed by atoms with Crippen LogP contribution in [-0.2, 0) is 0 Å². The van der Waals surface area contributed by atoms with E-state index in [0.717, 1.165) is 11.1 Å². The van der Waals surface area contributed by atoms with Crippen molar-refractivity contribution in [2.75, 3.05) is 0 Å². The highest BCUT2D eigenvalue weighted by Crippen LogP contribution is 2.30. The second-order valence-corrected chi connectivity index (χ2v) is 2.70. The van der Waals surface area contributed by atoms with Crippen LogP contribution < -0.4 is 4.74 Å². The Hall–Kier alpha value is -1.31. The molecule has 1 atom stereocenters. The lowest BCUT2D eigenvalue weighted by molar-refractivity contribution is 0.103. The van der Waals surface area contributed by atoms with Crippen molar-refractivity contribution in [2.45, 2.75) is 13.3 Å². The van der Waals surface area contributed by atoms with Gasteiger partial charge < -0.3 is 4.74 Å². The molecule has 0 N–H and O–H groups in total. The van der Waals surface area contributed by atoms with Crippen LogP contribution in [0.4, 0.5) is 4.39 Å². The van der Waals surface area contributed by atoms with Crippen molar-refractivity contribution in [3.05, 3.63) is 35.9 Å². The normalized spacial score (nSPS) is 20.8. The quantitative estimate of drug-likeness (QED) is 0.571. The van der Waals surface area contributed by atoms with Gasteiger partial charge in [-0.05, 0) is 18.6 Å². The van der Waals surface area contributed by atoms with Gasteiger partial charge in [-0.3, -0.25) is 0 Å². The highest BCUT2D eigenvalue weighted by atomic mass is 19.1. The first-order chi connectivity index (χ1) is 5.77. The summed E-state index contributed by atoms with van der Waals surface area (Å²) in [5, 5.41) is 0. The Kier molecular flexibility index (Phi) is 1.61. The highest BCUT2D eigenvalue weighted by molar-refractivity contribution is 5.68. The number of benzene rings is 1. The summed E-state index contributed by atoms with van der Waals surface area (Å²) in [6, 6.07) is 7.37. The molecule has 1 aliphatic heterocycles. The van der Waals surface area contributed by atoms with Crippen molar-refractivity contribution in [3.63, 3.8) is 0 Å². The van der Waals surface area contributed by atoms with Crippen molar-refractivity contribution in [1.82, 2.24) is 0 Å². The first-order valence-corrected chi connectivity index (χ1v) is 3.77. The third-order valence-electron chi connectivity index (χ3n) is 1.85. The molecule has 1 aromatic carbocycles. The van der Waals surface area contributed by atoms with Gasteiger partial charge in [0.15, 0.2) is 0 Å². The summed E-state index contributed by atoms with van der Waals surface area (Å²) in [5.74, 6) is 0.598. The van der Waals surface area contributed by atoms with Crippen molar-refractivity contribution >= 4 is 5.57 Å². The van der Waals surface area contributed by atoms with Gasteiger partial charge >= 0.3 is 0 Å². The SMILES string of the molecule is CC1=[C]C(F)Oc2ccccc21. The summed E-state index contributed by atoms with van der Waals surface area (Å²) in [5.41, 5.74) is 1.73. The molecular formula is C10H8FO. The molecule has 0 aliphatic carbocycles. The van der Waals surface area contributed by atoms with Crippen LogP contribution in [0.3, 0.4) is 0 Å². The summed E-state index contributed by atoms with van der Waals surface area (Å²) in [6.45, 7) is 1.83. The molecule has 0 aromatic heterocycles. The Bertz CT molecular complexity index is 330. The van der Waals surface area contributed by atoms with E-state index in [1.807, 2.05) is 25.1 Å². The first-order valence-electron chi connectivity index (χ1n) is 3.77. The first kappa shape index (κ1) is 7.35. The molecule has 1 radical (unpaired) electrons. The van der Waals surface area contributed by atoms with Crippen LogP contribution in [0.25, 0.3) is 5.57 Å². The summed E-state index contributed by atoms with van der Waals surface area (Å²) in [6.07, 6.45) is 1.15. The van der Waals surface area contributed by atoms with Gasteiger partial charge in [-0.1, -0.05) is 18.2 Å². The fourth-order valence-electron chi connectivity index (χ4n) is 1.27. The van der Waals surface area contributed by atoms with Crippen LogP contribution in [0.15, 0.2) is 24.3 Å². The number of alkyl halides is 1. The summed E-state index contributed by atoms with van der Waals surface area (Å²) in [4.78, 5) is 0. The van der Waals surface area contributed by atoms with Crippen LogP contribution >= 0.6 is 0 Å². The maximum atomic E-state index is 12.8. The van der Waals surface area contributed by atoms with Gasteiger partial charge in [-0.2, -0.15) is 4.39 Å². The smallest absolute Gasteiger partial charge is 0.265 e. The zero-order chi connectivity index (χ0) is 8.55. The molecule has 0 fully saturated rings. The average molecular weight is 163 g/mol. The predicted molar refractivity (Wildman–Crippen MR) is 44.3 cm³/mol. The standard InChI is InChI=1S/C10H8FO/c1-7-6-10(11)12-9-5-3-2-4-8(7)9/h2-5,10H,1H3. The lowest BCUT2D eigenvalue weighted by Gasteiger charge is -2.17. The topological polar surface area (TPSA) is 9.23 Å². The van der Waals surface area contributed by atoms with Gasteiger partial charge in [0, 0.05) is 11.6 Å². The molecule has 1 nitrogen and oxygen atoms in total. The molecule has 2 rings (SSSR count). The molecule has 61 valence electrons. The number of halogens is 1. The molecule has 0 spiro atoms. The molecule has 1 unspecified atom stereocenters. The molecule has 1 heterocycles. The van der Waals surface area contributed by atoms with Crippen molar-refractivity contribution in [1.29, 1.82) is 0 Å². The largest absolute Gasteiger partial charge is 0.455 e. The molecule has 1 aromatic rings. The Balaban J connectivity index is 2.53. The van der Waals surface area contributed by atoms with Gasteiger partial charge in [0.2, 0.25) is 0 Å². The van der Waals surface area contributed by atoms with E-state index < -0.39 is 6.36 Å². The van der Waals surface area contributed by atoms with E-state index >= 15 is 0 Å². The summed E-state index contributed by atoms with van der Waals surface area (Å²) >= 11 is 0. The van der Waals surface area contributed by atoms with Gasteiger partial charge in [0.05, 0.1) is 0 Å². The third kappa shape index (κ3) is 1.09. The van der Waals surface area contributed by atoms with Gasteiger partial charge in [0.25, 0.3) is 6.36 Å². The van der Waals surface area contributed by atoms with E-state index in [1.54, 1.807) is 6.07 Å². The van der Waals surface area contributed by atoms with E-state index in [1.165, 1.54) is 0 Å². The summed E-state index contributed by atoms with van der Waals surface area (Å²) in [7, 11) is 0. The third-order valence-corrected chi connectivity index (χ3v) is 1.85. The lowest BCUT2D eigenvalue weighted by atomic mass is 10.0. The molecule has 2 heteroatoms. The Morgan fingerprint density at radius 3 is 3.00 bits per heavy atom. The molecule has 0 saturated heterocycles. The highest BCUT2D eigenvalue weighted by Gasteiger charge is 2.16. The zero-order valence-corrected chi connectivity index (χ0v) is 6.67. The molecular weight excluding hydrogens is 155 g/mol. The molecule has 1 aliphatic rings. The molecule has 12 heavy (non-hydrogen) atoms. The van der Waals surface area contributed by atoms with Crippen molar-refractivity contribution < 1.29 is 9.13 Å². The fraction of sp³-hybridized carbons (Fsp3) is 0.200. The number of fused-ring (bicyclic) bond motifs is 1. The van der Waals surface area contributed by atoms with Crippen molar-refractivity contribution in [2.24, 2.45) is 0 Å². The van der Waals surface area contributed by atoms with E-state index in [2.05, 4.69) is 6.08 Å². The second kappa shape index (κ2) is 2.63. The Morgan fingerprint density at radius 1 is 1.42 bits per heavy atom. The van der Waals surface area contributed by atoms with E-state index in [0.29, 0.717) is 5.75 Å². The van der Waals surface area contributed by atoms with Crippen LogP contribution in [-0.4, -0.2) is 6.36 Å². The van der Waals surface area contributed by atoms with Crippen LogP contribution in [0.2, 0.25) is 0 Å². The van der Waals surface area contributed by atoms with Crippen molar-refractivity contribution in [3.8, 4) is 5.75 Å². The summed E-state index contributed by atoms with van der Waals surface area (Å²) < 4.78 is 17.7. The average Bonchev–Trinajstić information content (AvgIpc) is 2.04. The van der Waals surface area contributed by atoms with E-state index in [-0.39, 0.29) is 0 Å². The maximum absolute atomic E-state index is 12.8. The number of rotatable bonds is 0. The molecule has 0 amide bonds. The number of allylic oxidation sites excluding steroid dienone is 1. The zero-order valence-electron chi connectivity index (χ0n) is 6.67. The Labute approximate surface area is 70.5 Å². The minimum absolute atomic E-state index is 0.598. The fourth-order valence-corrected chi connectivity index (χ4v) is 1.27. The second-order valence-electron chi connectivity index (χ2n) is 2.70. The van der Waals surface area contributed by atoms with Gasteiger partial charge in [-0.25, -0.2) is 0 Å². The minimum atomic E-state index is -1.42. The number of ether oxygens (including phenoxy) is 1. The number of hydrogen-bond acceptors (Lipinski definition) is 1. The van der Waals surface area contributed by atoms with E-state index in [9.17, 15) is 4.39 Å². The maximum Gasteiger partial charge on any atom is 0.265 e. The monoisotopic (exact) mass is 163 g/mol. The minimum Gasteiger partial charge on any atom is -0.455 e. The van der Waals surface area contributed by atoms with Crippen LogP contribution in [0.5, 0.6) is 5.75 Å². The lowest BCUT2D eigenvalue weighted by Crippen LogP contribution is -2.13.